The van der Waals surface area contributed by atoms with Crippen LogP contribution in [0.5, 0.6) is 0 Å². The molecule has 0 radical (unpaired) electrons. The molecule has 4 aromatic rings. The molecule has 0 saturated carbocycles. The van der Waals surface area contributed by atoms with Gasteiger partial charge in [-0.2, -0.15) is 0 Å². The standard InChI is InChI=1S/C21H14BrN3/c22-17-7-5-6-15(12-17)16-13-20(18-8-1-3-10-23-18)25-21(14-16)19-9-2-4-11-24-19/h1-14H. The summed E-state index contributed by atoms with van der Waals surface area (Å²) in [7, 11) is 0. The Morgan fingerprint density at radius 2 is 1.20 bits per heavy atom. The van der Waals surface area contributed by atoms with Crippen molar-refractivity contribution in [1.82, 2.24) is 15.0 Å². The topological polar surface area (TPSA) is 38.7 Å². The molecule has 0 aliphatic rings. The van der Waals surface area contributed by atoms with E-state index in [0.29, 0.717) is 0 Å². The lowest BCUT2D eigenvalue weighted by Crippen LogP contribution is -1.93. The summed E-state index contributed by atoms with van der Waals surface area (Å²) in [5.41, 5.74) is 5.55. The van der Waals surface area contributed by atoms with Crippen molar-refractivity contribution in [2.45, 2.75) is 0 Å². The van der Waals surface area contributed by atoms with E-state index in [2.05, 4.69) is 50.2 Å². The van der Waals surface area contributed by atoms with Crippen LogP contribution in [0.2, 0.25) is 0 Å². The molecule has 0 bridgehead atoms. The van der Waals surface area contributed by atoms with Gasteiger partial charge in [0.1, 0.15) is 0 Å². The van der Waals surface area contributed by atoms with Crippen molar-refractivity contribution in [2.24, 2.45) is 0 Å². The van der Waals surface area contributed by atoms with Crippen molar-refractivity contribution in [3.8, 4) is 33.9 Å². The zero-order valence-corrected chi connectivity index (χ0v) is 14.9. The molecule has 25 heavy (non-hydrogen) atoms. The summed E-state index contributed by atoms with van der Waals surface area (Å²) in [6.45, 7) is 0. The highest BCUT2D eigenvalue weighted by Crippen LogP contribution is 2.30. The molecule has 3 nitrogen and oxygen atoms in total. The molecule has 0 amide bonds. The number of aromatic nitrogens is 3. The van der Waals surface area contributed by atoms with Gasteiger partial charge in [-0.3, -0.25) is 9.97 Å². The molecule has 0 N–H and O–H groups in total. The number of hydrogen-bond donors (Lipinski definition) is 0. The van der Waals surface area contributed by atoms with Crippen molar-refractivity contribution < 1.29 is 0 Å². The zero-order valence-electron chi connectivity index (χ0n) is 13.3. The average Bonchev–Trinajstić information content (AvgIpc) is 2.69. The SMILES string of the molecule is Brc1cccc(-c2cc(-c3ccccn3)nc(-c3ccccn3)c2)c1. The Morgan fingerprint density at radius 1 is 0.560 bits per heavy atom. The van der Waals surface area contributed by atoms with Crippen molar-refractivity contribution in [3.63, 3.8) is 0 Å². The van der Waals surface area contributed by atoms with E-state index in [1.807, 2.05) is 48.5 Å². The van der Waals surface area contributed by atoms with Gasteiger partial charge in [0, 0.05) is 16.9 Å². The zero-order chi connectivity index (χ0) is 17.1. The summed E-state index contributed by atoms with van der Waals surface area (Å²) in [4.78, 5) is 13.7. The Balaban J connectivity index is 1.92. The second-order valence-corrected chi connectivity index (χ2v) is 6.48. The second-order valence-electron chi connectivity index (χ2n) is 5.57. The van der Waals surface area contributed by atoms with Crippen LogP contribution in [-0.2, 0) is 0 Å². The number of rotatable bonds is 3. The lowest BCUT2D eigenvalue weighted by Gasteiger charge is -2.09. The predicted molar refractivity (Wildman–Crippen MR) is 104 cm³/mol. The lowest BCUT2D eigenvalue weighted by atomic mass is 10.0. The summed E-state index contributed by atoms with van der Waals surface area (Å²) < 4.78 is 1.04. The summed E-state index contributed by atoms with van der Waals surface area (Å²) >= 11 is 3.55. The second kappa shape index (κ2) is 6.95. The first kappa shape index (κ1) is 15.7. The van der Waals surface area contributed by atoms with Gasteiger partial charge in [0.25, 0.3) is 0 Å². The van der Waals surface area contributed by atoms with Crippen molar-refractivity contribution in [2.75, 3.05) is 0 Å². The van der Waals surface area contributed by atoms with Crippen molar-refractivity contribution in [1.29, 1.82) is 0 Å². The van der Waals surface area contributed by atoms with Gasteiger partial charge >= 0.3 is 0 Å². The van der Waals surface area contributed by atoms with Gasteiger partial charge in [-0.1, -0.05) is 40.2 Å². The third-order valence-corrected chi connectivity index (χ3v) is 4.33. The van der Waals surface area contributed by atoms with E-state index < -0.39 is 0 Å². The van der Waals surface area contributed by atoms with Gasteiger partial charge in [-0.15, -0.1) is 0 Å². The Kier molecular flexibility index (Phi) is 4.36. The molecular weight excluding hydrogens is 374 g/mol. The minimum Gasteiger partial charge on any atom is -0.255 e. The highest BCUT2D eigenvalue weighted by Gasteiger charge is 2.10. The molecule has 4 heteroatoms. The number of benzene rings is 1. The summed E-state index contributed by atoms with van der Waals surface area (Å²) in [5, 5.41) is 0. The van der Waals surface area contributed by atoms with Crippen LogP contribution in [0.3, 0.4) is 0 Å². The molecule has 0 unspecified atom stereocenters. The van der Waals surface area contributed by atoms with Crippen LogP contribution in [0.15, 0.2) is 89.7 Å². The third kappa shape index (κ3) is 3.49. The van der Waals surface area contributed by atoms with Crippen LogP contribution in [0.1, 0.15) is 0 Å². The summed E-state index contributed by atoms with van der Waals surface area (Å²) in [5.74, 6) is 0. The normalized spacial score (nSPS) is 10.6. The summed E-state index contributed by atoms with van der Waals surface area (Å²) in [6, 6.07) is 24.0. The van der Waals surface area contributed by atoms with Crippen LogP contribution in [0, 0.1) is 0 Å². The maximum Gasteiger partial charge on any atom is 0.0900 e. The number of halogens is 1. The Bertz CT molecular complexity index is 944. The van der Waals surface area contributed by atoms with Crippen LogP contribution in [0.4, 0.5) is 0 Å². The Labute approximate surface area is 154 Å². The maximum atomic E-state index is 4.79. The van der Waals surface area contributed by atoms with E-state index in [1.165, 1.54) is 0 Å². The first-order valence-corrected chi connectivity index (χ1v) is 8.70. The molecule has 0 spiro atoms. The van der Waals surface area contributed by atoms with E-state index >= 15 is 0 Å². The molecular formula is C21H14BrN3. The number of hydrogen-bond acceptors (Lipinski definition) is 3. The van der Waals surface area contributed by atoms with Gasteiger partial charge in [-0.05, 0) is 59.7 Å². The van der Waals surface area contributed by atoms with E-state index in [0.717, 1.165) is 38.4 Å². The quantitative estimate of drug-likeness (QED) is 0.456. The number of nitrogens with zero attached hydrogens (tertiary/aromatic N) is 3. The number of pyridine rings is 3. The first-order valence-electron chi connectivity index (χ1n) is 7.90. The molecule has 0 fully saturated rings. The molecule has 0 atom stereocenters. The van der Waals surface area contributed by atoms with E-state index in [1.54, 1.807) is 12.4 Å². The van der Waals surface area contributed by atoms with Gasteiger partial charge < -0.3 is 0 Å². The van der Waals surface area contributed by atoms with Gasteiger partial charge in [0.15, 0.2) is 0 Å². The minimum atomic E-state index is 0.832. The van der Waals surface area contributed by atoms with E-state index in [-0.39, 0.29) is 0 Å². The lowest BCUT2D eigenvalue weighted by molar-refractivity contribution is 1.22. The van der Waals surface area contributed by atoms with E-state index in [9.17, 15) is 0 Å². The van der Waals surface area contributed by atoms with Crippen LogP contribution in [0.25, 0.3) is 33.9 Å². The average molecular weight is 388 g/mol. The predicted octanol–water partition coefficient (Wildman–Crippen LogP) is 5.64. The fourth-order valence-corrected chi connectivity index (χ4v) is 3.06. The molecule has 1 aromatic carbocycles. The molecule has 120 valence electrons. The Morgan fingerprint density at radius 3 is 1.72 bits per heavy atom. The third-order valence-electron chi connectivity index (χ3n) is 3.84. The first-order chi connectivity index (χ1) is 12.3. The Hall–Kier alpha value is -2.85. The highest BCUT2D eigenvalue weighted by molar-refractivity contribution is 9.10. The highest BCUT2D eigenvalue weighted by atomic mass is 79.9. The van der Waals surface area contributed by atoms with Crippen LogP contribution in [-0.4, -0.2) is 15.0 Å². The molecule has 4 rings (SSSR count). The van der Waals surface area contributed by atoms with Gasteiger partial charge in [-0.25, -0.2) is 4.98 Å². The molecule has 3 heterocycles. The van der Waals surface area contributed by atoms with Gasteiger partial charge in [0.05, 0.1) is 22.8 Å². The maximum absolute atomic E-state index is 4.79. The molecule has 0 aliphatic carbocycles. The largest absolute Gasteiger partial charge is 0.255 e. The molecule has 0 aliphatic heterocycles. The minimum absolute atomic E-state index is 0.832. The van der Waals surface area contributed by atoms with Crippen LogP contribution < -0.4 is 0 Å². The smallest absolute Gasteiger partial charge is 0.0900 e. The fraction of sp³-hybridized carbons (Fsp3) is 0. The van der Waals surface area contributed by atoms with Crippen LogP contribution >= 0.6 is 15.9 Å². The molecule has 0 saturated heterocycles. The van der Waals surface area contributed by atoms with Gasteiger partial charge in [0.2, 0.25) is 0 Å². The summed E-state index contributed by atoms with van der Waals surface area (Å²) in [6.07, 6.45) is 3.56. The van der Waals surface area contributed by atoms with Crippen molar-refractivity contribution >= 4 is 15.9 Å². The fourth-order valence-electron chi connectivity index (χ4n) is 2.66. The van der Waals surface area contributed by atoms with Crippen molar-refractivity contribution in [3.05, 3.63) is 89.7 Å². The molecule has 3 aromatic heterocycles. The van der Waals surface area contributed by atoms with E-state index in [4.69, 9.17) is 4.98 Å². The monoisotopic (exact) mass is 387 g/mol.